The van der Waals surface area contributed by atoms with Crippen molar-refractivity contribution in [1.82, 2.24) is 4.98 Å². The van der Waals surface area contributed by atoms with Crippen LogP contribution in [0, 0.1) is 6.92 Å². The molecule has 0 aliphatic rings. The van der Waals surface area contributed by atoms with Crippen LogP contribution in [0.2, 0.25) is 10.2 Å². The van der Waals surface area contributed by atoms with Crippen molar-refractivity contribution in [2.75, 3.05) is 5.32 Å². The molecule has 1 heterocycles. The highest BCUT2D eigenvalue weighted by atomic mass is 35.5. The normalized spacial score (nSPS) is 10.2. The Labute approximate surface area is 130 Å². The molecular weight excluding hydrogens is 315 g/mol. The molecule has 2 N–H and O–H groups in total. The van der Waals surface area contributed by atoms with Crippen molar-refractivity contribution in [2.45, 2.75) is 6.92 Å². The first-order chi connectivity index (χ1) is 9.85. The fourth-order valence-corrected chi connectivity index (χ4v) is 2.23. The SMILES string of the molecule is Cc1cc(C(=O)Nc2cc(Cl)cc(C(=O)O)c2)cc(Cl)n1. The minimum atomic E-state index is -1.13. The number of nitrogens with one attached hydrogen (secondary N) is 1. The van der Waals surface area contributed by atoms with Gasteiger partial charge in [-0.1, -0.05) is 23.2 Å². The van der Waals surface area contributed by atoms with Crippen LogP contribution in [-0.2, 0) is 0 Å². The van der Waals surface area contributed by atoms with Gasteiger partial charge in [0.05, 0.1) is 5.56 Å². The van der Waals surface area contributed by atoms with Gasteiger partial charge in [-0.25, -0.2) is 9.78 Å². The monoisotopic (exact) mass is 324 g/mol. The molecule has 0 aliphatic heterocycles. The molecule has 7 heteroatoms. The zero-order chi connectivity index (χ0) is 15.6. The summed E-state index contributed by atoms with van der Waals surface area (Å²) in [5, 5.41) is 12.0. The van der Waals surface area contributed by atoms with E-state index in [0.29, 0.717) is 11.3 Å². The predicted molar refractivity (Wildman–Crippen MR) is 80.3 cm³/mol. The molecule has 0 unspecified atom stereocenters. The molecule has 21 heavy (non-hydrogen) atoms. The molecule has 1 aromatic heterocycles. The van der Waals surface area contributed by atoms with Gasteiger partial charge in [0.1, 0.15) is 5.15 Å². The van der Waals surface area contributed by atoms with Gasteiger partial charge >= 0.3 is 5.97 Å². The lowest BCUT2D eigenvalue weighted by molar-refractivity contribution is 0.0696. The lowest BCUT2D eigenvalue weighted by Crippen LogP contribution is -2.13. The minimum Gasteiger partial charge on any atom is -0.478 e. The molecule has 0 bridgehead atoms. The Morgan fingerprint density at radius 3 is 2.43 bits per heavy atom. The van der Waals surface area contributed by atoms with Gasteiger partial charge in [0.15, 0.2) is 0 Å². The Bertz CT molecular complexity index is 712. The first-order valence-electron chi connectivity index (χ1n) is 5.84. The van der Waals surface area contributed by atoms with Gasteiger partial charge in [-0.05, 0) is 37.3 Å². The van der Waals surface area contributed by atoms with Crippen LogP contribution < -0.4 is 5.32 Å². The lowest BCUT2D eigenvalue weighted by atomic mass is 10.2. The zero-order valence-corrected chi connectivity index (χ0v) is 12.4. The second kappa shape index (κ2) is 6.11. The van der Waals surface area contributed by atoms with Crippen LogP contribution in [0.25, 0.3) is 0 Å². The molecule has 0 aliphatic carbocycles. The first kappa shape index (κ1) is 15.3. The summed E-state index contributed by atoms with van der Waals surface area (Å²) in [6.45, 7) is 1.71. The number of hydrogen-bond acceptors (Lipinski definition) is 3. The molecule has 0 spiro atoms. The van der Waals surface area contributed by atoms with Gasteiger partial charge in [0.2, 0.25) is 0 Å². The second-order valence-corrected chi connectivity index (χ2v) is 5.13. The highest BCUT2D eigenvalue weighted by Crippen LogP contribution is 2.20. The minimum absolute atomic E-state index is 0.0123. The van der Waals surface area contributed by atoms with E-state index in [2.05, 4.69) is 10.3 Å². The number of pyridine rings is 1. The van der Waals surface area contributed by atoms with E-state index in [1.807, 2.05) is 0 Å². The molecule has 108 valence electrons. The fraction of sp³-hybridized carbons (Fsp3) is 0.0714. The van der Waals surface area contributed by atoms with E-state index >= 15 is 0 Å². The summed E-state index contributed by atoms with van der Waals surface area (Å²) < 4.78 is 0. The topological polar surface area (TPSA) is 79.3 Å². The summed E-state index contributed by atoms with van der Waals surface area (Å²) in [6.07, 6.45) is 0. The fourth-order valence-electron chi connectivity index (χ4n) is 1.75. The van der Waals surface area contributed by atoms with Crippen molar-refractivity contribution in [1.29, 1.82) is 0 Å². The number of rotatable bonds is 3. The van der Waals surface area contributed by atoms with Crippen LogP contribution in [0.15, 0.2) is 30.3 Å². The van der Waals surface area contributed by atoms with E-state index in [0.717, 1.165) is 0 Å². The molecular formula is C14H10Cl2N2O3. The van der Waals surface area contributed by atoms with Gasteiger partial charge in [-0.15, -0.1) is 0 Å². The molecule has 0 saturated heterocycles. The average Bonchev–Trinajstić information content (AvgIpc) is 2.36. The van der Waals surface area contributed by atoms with E-state index in [1.165, 1.54) is 24.3 Å². The second-order valence-electron chi connectivity index (χ2n) is 4.31. The van der Waals surface area contributed by atoms with E-state index < -0.39 is 11.9 Å². The number of aromatic carboxylic acids is 1. The number of benzene rings is 1. The summed E-state index contributed by atoms with van der Waals surface area (Å²) in [5.74, 6) is -1.56. The number of aromatic nitrogens is 1. The molecule has 1 amide bonds. The third-order valence-corrected chi connectivity index (χ3v) is 3.00. The zero-order valence-electron chi connectivity index (χ0n) is 10.9. The van der Waals surface area contributed by atoms with Gasteiger partial charge < -0.3 is 10.4 Å². The van der Waals surface area contributed by atoms with Crippen molar-refractivity contribution >= 4 is 40.8 Å². The molecule has 5 nitrogen and oxygen atoms in total. The number of hydrogen-bond donors (Lipinski definition) is 2. The van der Waals surface area contributed by atoms with Crippen LogP contribution in [0.4, 0.5) is 5.69 Å². The van der Waals surface area contributed by atoms with E-state index in [-0.39, 0.29) is 21.4 Å². The van der Waals surface area contributed by atoms with Crippen molar-refractivity contribution in [3.63, 3.8) is 0 Å². The van der Waals surface area contributed by atoms with Gasteiger partial charge in [-0.3, -0.25) is 4.79 Å². The van der Waals surface area contributed by atoms with Gasteiger partial charge in [-0.2, -0.15) is 0 Å². The van der Waals surface area contributed by atoms with E-state index in [4.69, 9.17) is 28.3 Å². The Morgan fingerprint density at radius 1 is 1.10 bits per heavy atom. The Kier molecular flexibility index (Phi) is 4.45. The highest BCUT2D eigenvalue weighted by molar-refractivity contribution is 6.31. The number of anilines is 1. The summed E-state index contributed by atoms with van der Waals surface area (Å²) in [4.78, 5) is 27.0. The molecule has 0 atom stereocenters. The van der Waals surface area contributed by atoms with Crippen LogP contribution in [-0.4, -0.2) is 22.0 Å². The number of amides is 1. The van der Waals surface area contributed by atoms with E-state index in [9.17, 15) is 9.59 Å². The maximum Gasteiger partial charge on any atom is 0.335 e. The number of carbonyl (C=O) groups excluding carboxylic acids is 1. The van der Waals surface area contributed by atoms with Crippen LogP contribution in [0.5, 0.6) is 0 Å². The summed E-state index contributed by atoms with van der Waals surface area (Å²) in [6, 6.07) is 7.08. The molecule has 2 aromatic rings. The lowest BCUT2D eigenvalue weighted by Gasteiger charge is -2.08. The molecule has 1 aromatic carbocycles. The van der Waals surface area contributed by atoms with Crippen molar-refractivity contribution in [3.8, 4) is 0 Å². The standard InChI is InChI=1S/C14H10Cl2N2O3/c1-7-2-8(5-12(16)17-7)13(19)18-11-4-9(14(20)21)3-10(15)6-11/h2-6H,1H3,(H,18,19)(H,20,21). The number of carboxylic acids is 1. The Hall–Kier alpha value is -2.11. The van der Waals surface area contributed by atoms with E-state index in [1.54, 1.807) is 13.0 Å². The van der Waals surface area contributed by atoms with Crippen molar-refractivity contribution in [3.05, 3.63) is 57.3 Å². The first-order valence-corrected chi connectivity index (χ1v) is 6.60. The predicted octanol–water partition coefficient (Wildman–Crippen LogP) is 3.65. The van der Waals surface area contributed by atoms with Crippen LogP contribution >= 0.6 is 23.2 Å². The average molecular weight is 325 g/mol. The van der Waals surface area contributed by atoms with Gasteiger partial charge in [0, 0.05) is 22.0 Å². The smallest absolute Gasteiger partial charge is 0.335 e. The van der Waals surface area contributed by atoms with Crippen LogP contribution in [0.3, 0.4) is 0 Å². The number of carboxylic acid groups (broad SMARTS) is 1. The maximum absolute atomic E-state index is 12.1. The number of carbonyl (C=O) groups is 2. The maximum atomic E-state index is 12.1. The quantitative estimate of drug-likeness (QED) is 0.844. The number of nitrogens with zero attached hydrogens (tertiary/aromatic N) is 1. The van der Waals surface area contributed by atoms with Crippen molar-refractivity contribution < 1.29 is 14.7 Å². The number of aryl methyl sites for hydroxylation is 1. The largest absolute Gasteiger partial charge is 0.478 e. The van der Waals surface area contributed by atoms with Crippen LogP contribution in [0.1, 0.15) is 26.4 Å². The van der Waals surface area contributed by atoms with Crippen molar-refractivity contribution in [2.24, 2.45) is 0 Å². The summed E-state index contributed by atoms with van der Waals surface area (Å²) in [7, 11) is 0. The summed E-state index contributed by atoms with van der Waals surface area (Å²) >= 11 is 11.6. The Morgan fingerprint density at radius 2 is 1.81 bits per heavy atom. The number of halogens is 2. The molecule has 2 rings (SSSR count). The van der Waals surface area contributed by atoms with Gasteiger partial charge in [0.25, 0.3) is 5.91 Å². The Balaban J connectivity index is 2.29. The summed E-state index contributed by atoms with van der Waals surface area (Å²) in [5.41, 5.74) is 1.20. The third-order valence-electron chi connectivity index (χ3n) is 2.59. The third kappa shape index (κ3) is 3.93. The molecule has 0 radical (unpaired) electrons. The molecule has 0 saturated carbocycles. The molecule has 0 fully saturated rings. The highest BCUT2D eigenvalue weighted by Gasteiger charge is 2.11.